The maximum atomic E-state index is 13.2. The van der Waals surface area contributed by atoms with Crippen LogP contribution in [0, 0.1) is 17.5 Å². The molecule has 0 atom stereocenters. The van der Waals surface area contributed by atoms with E-state index in [2.05, 4.69) is 10.1 Å². The van der Waals surface area contributed by atoms with Crippen molar-refractivity contribution in [3.8, 4) is 11.4 Å². The summed E-state index contributed by atoms with van der Waals surface area (Å²) in [5, 5.41) is 3.72. The predicted octanol–water partition coefficient (Wildman–Crippen LogP) is 3.14. The van der Waals surface area contributed by atoms with Crippen LogP contribution in [0.2, 0.25) is 0 Å². The third-order valence-corrected chi connectivity index (χ3v) is 3.80. The maximum Gasteiger partial charge on any atom is 0.230 e. The van der Waals surface area contributed by atoms with Gasteiger partial charge in [0.05, 0.1) is 0 Å². The van der Waals surface area contributed by atoms with Crippen LogP contribution in [0.4, 0.5) is 13.2 Å². The Hall–Kier alpha value is -1.89. The minimum atomic E-state index is -1.51. The van der Waals surface area contributed by atoms with Crippen molar-refractivity contribution >= 4 is 0 Å². The molecule has 21 heavy (non-hydrogen) atoms. The number of hydrogen-bond acceptors (Lipinski definition) is 4. The SMILES string of the molecule is NC1CCC(c2nc(-c3cc(F)c(F)c(F)c3)no2)CC1. The van der Waals surface area contributed by atoms with Crippen LogP contribution in [0.15, 0.2) is 16.7 Å². The summed E-state index contributed by atoms with van der Waals surface area (Å²) in [6.07, 6.45) is 3.44. The first-order valence-corrected chi connectivity index (χ1v) is 6.78. The van der Waals surface area contributed by atoms with Gasteiger partial charge in [-0.05, 0) is 37.8 Å². The number of halogens is 3. The van der Waals surface area contributed by atoms with Crippen LogP contribution in [-0.4, -0.2) is 16.2 Å². The van der Waals surface area contributed by atoms with Crippen LogP contribution in [0.25, 0.3) is 11.4 Å². The number of benzene rings is 1. The van der Waals surface area contributed by atoms with Gasteiger partial charge in [-0.25, -0.2) is 13.2 Å². The third-order valence-electron chi connectivity index (χ3n) is 3.80. The fraction of sp³-hybridized carbons (Fsp3) is 0.429. The maximum absolute atomic E-state index is 13.2. The highest BCUT2D eigenvalue weighted by molar-refractivity contribution is 5.54. The molecule has 4 nitrogen and oxygen atoms in total. The molecule has 1 heterocycles. The van der Waals surface area contributed by atoms with E-state index >= 15 is 0 Å². The summed E-state index contributed by atoms with van der Waals surface area (Å²) in [6.45, 7) is 0. The number of hydrogen-bond donors (Lipinski definition) is 1. The Bertz CT molecular complexity index is 628. The molecule has 1 aliphatic rings. The molecule has 1 aromatic heterocycles. The molecule has 3 rings (SSSR count). The molecular weight excluding hydrogens is 283 g/mol. The largest absolute Gasteiger partial charge is 0.339 e. The lowest BCUT2D eigenvalue weighted by atomic mass is 9.86. The van der Waals surface area contributed by atoms with Crippen molar-refractivity contribution in [1.29, 1.82) is 0 Å². The predicted molar refractivity (Wildman–Crippen MR) is 68.8 cm³/mol. The van der Waals surface area contributed by atoms with Gasteiger partial charge in [-0.2, -0.15) is 4.98 Å². The second-order valence-corrected chi connectivity index (χ2v) is 5.32. The summed E-state index contributed by atoms with van der Waals surface area (Å²) < 4.78 is 44.5. The number of rotatable bonds is 2. The van der Waals surface area contributed by atoms with Gasteiger partial charge in [0.1, 0.15) is 0 Å². The molecule has 0 spiro atoms. The van der Waals surface area contributed by atoms with Crippen molar-refractivity contribution < 1.29 is 17.7 Å². The molecule has 0 aliphatic heterocycles. The molecule has 7 heteroatoms. The molecule has 2 N–H and O–H groups in total. The summed E-state index contributed by atoms with van der Waals surface area (Å²) in [4.78, 5) is 4.17. The normalized spacial score (nSPS) is 22.5. The summed E-state index contributed by atoms with van der Waals surface area (Å²) >= 11 is 0. The van der Waals surface area contributed by atoms with E-state index in [0.29, 0.717) is 5.89 Å². The van der Waals surface area contributed by atoms with Gasteiger partial charge in [0, 0.05) is 17.5 Å². The molecular formula is C14H14F3N3O. The van der Waals surface area contributed by atoms with Gasteiger partial charge >= 0.3 is 0 Å². The van der Waals surface area contributed by atoms with Crippen molar-refractivity contribution in [2.75, 3.05) is 0 Å². The van der Waals surface area contributed by atoms with Crippen LogP contribution in [0.5, 0.6) is 0 Å². The minimum absolute atomic E-state index is 0.0499. The zero-order valence-corrected chi connectivity index (χ0v) is 11.2. The lowest BCUT2D eigenvalue weighted by Gasteiger charge is -2.22. The van der Waals surface area contributed by atoms with Gasteiger partial charge in [-0.15, -0.1) is 0 Å². The van der Waals surface area contributed by atoms with Crippen LogP contribution < -0.4 is 5.73 Å². The van der Waals surface area contributed by atoms with Crippen LogP contribution in [-0.2, 0) is 0 Å². The van der Waals surface area contributed by atoms with Crippen molar-refractivity contribution in [3.63, 3.8) is 0 Å². The van der Waals surface area contributed by atoms with E-state index in [4.69, 9.17) is 10.3 Å². The Labute approximate surface area is 119 Å². The highest BCUT2D eigenvalue weighted by atomic mass is 19.2. The molecule has 0 amide bonds. The van der Waals surface area contributed by atoms with Crippen molar-refractivity contribution in [2.45, 2.75) is 37.6 Å². The van der Waals surface area contributed by atoms with Gasteiger partial charge in [-0.3, -0.25) is 0 Å². The lowest BCUT2D eigenvalue weighted by Crippen LogP contribution is -2.25. The second kappa shape index (κ2) is 5.48. The summed E-state index contributed by atoms with van der Waals surface area (Å²) in [5.74, 6) is -3.47. The average molecular weight is 297 g/mol. The smallest absolute Gasteiger partial charge is 0.230 e. The quantitative estimate of drug-likeness (QED) is 0.865. The molecule has 0 unspecified atom stereocenters. The van der Waals surface area contributed by atoms with E-state index in [1.165, 1.54) is 0 Å². The Kier molecular flexibility index (Phi) is 3.67. The Balaban J connectivity index is 1.85. The average Bonchev–Trinajstić information content (AvgIpc) is 2.95. The van der Waals surface area contributed by atoms with Crippen LogP contribution >= 0.6 is 0 Å². The first-order chi connectivity index (χ1) is 10.0. The topological polar surface area (TPSA) is 64.9 Å². The molecule has 0 radical (unpaired) electrons. The summed E-state index contributed by atoms with van der Waals surface area (Å²) in [5.41, 5.74) is 5.88. The first-order valence-electron chi connectivity index (χ1n) is 6.78. The van der Waals surface area contributed by atoms with E-state index in [0.717, 1.165) is 37.8 Å². The molecule has 0 saturated heterocycles. The highest BCUT2D eigenvalue weighted by Crippen LogP contribution is 2.32. The molecule has 1 aliphatic carbocycles. The number of aromatic nitrogens is 2. The molecule has 1 aromatic carbocycles. The van der Waals surface area contributed by atoms with Gasteiger partial charge < -0.3 is 10.3 Å². The van der Waals surface area contributed by atoms with E-state index < -0.39 is 17.5 Å². The van der Waals surface area contributed by atoms with Crippen molar-refractivity contribution in [3.05, 3.63) is 35.5 Å². The lowest BCUT2D eigenvalue weighted by molar-refractivity contribution is 0.301. The van der Waals surface area contributed by atoms with E-state index in [1.54, 1.807) is 0 Å². The summed E-state index contributed by atoms with van der Waals surface area (Å²) in [7, 11) is 0. The van der Waals surface area contributed by atoms with Gasteiger partial charge in [0.2, 0.25) is 11.7 Å². The van der Waals surface area contributed by atoms with E-state index in [-0.39, 0.29) is 23.3 Å². The van der Waals surface area contributed by atoms with Gasteiger partial charge in [0.15, 0.2) is 17.5 Å². The highest BCUT2D eigenvalue weighted by Gasteiger charge is 2.25. The first kappa shape index (κ1) is 14.1. The van der Waals surface area contributed by atoms with E-state index in [1.807, 2.05) is 0 Å². The Morgan fingerprint density at radius 2 is 1.67 bits per heavy atom. The van der Waals surface area contributed by atoms with Crippen molar-refractivity contribution in [2.24, 2.45) is 5.73 Å². The van der Waals surface area contributed by atoms with Gasteiger partial charge in [0.25, 0.3) is 0 Å². The Morgan fingerprint density at radius 3 is 2.29 bits per heavy atom. The van der Waals surface area contributed by atoms with Gasteiger partial charge in [-0.1, -0.05) is 5.16 Å². The fourth-order valence-corrected chi connectivity index (χ4v) is 2.57. The minimum Gasteiger partial charge on any atom is -0.339 e. The molecule has 1 saturated carbocycles. The molecule has 2 aromatic rings. The number of nitrogens with two attached hydrogens (primary N) is 1. The zero-order valence-electron chi connectivity index (χ0n) is 11.2. The molecule has 0 bridgehead atoms. The number of nitrogens with zero attached hydrogens (tertiary/aromatic N) is 2. The molecule has 112 valence electrons. The standard InChI is InChI=1S/C14H14F3N3O/c15-10-5-8(6-11(16)12(10)17)13-19-14(21-20-13)7-1-3-9(18)4-2-7/h5-7,9H,1-4,18H2. The van der Waals surface area contributed by atoms with Crippen LogP contribution in [0.1, 0.15) is 37.5 Å². The zero-order chi connectivity index (χ0) is 15.0. The second-order valence-electron chi connectivity index (χ2n) is 5.32. The molecule has 1 fully saturated rings. The van der Waals surface area contributed by atoms with E-state index in [9.17, 15) is 13.2 Å². The Morgan fingerprint density at radius 1 is 1.05 bits per heavy atom. The fourth-order valence-electron chi connectivity index (χ4n) is 2.57. The van der Waals surface area contributed by atoms with Crippen molar-refractivity contribution in [1.82, 2.24) is 10.1 Å². The third kappa shape index (κ3) is 2.78. The monoisotopic (exact) mass is 297 g/mol. The van der Waals surface area contributed by atoms with Crippen LogP contribution in [0.3, 0.4) is 0 Å². The summed E-state index contributed by atoms with van der Waals surface area (Å²) in [6, 6.07) is 1.90.